The highest BCUT2D eigenvalue weighted by Gasteiger charge is 2.27. The van der Waals surface area contributed by atoms with Crippen molar-refractivity contribution in [3.05, 3.63) is 71.3 Å². The summed E-state index contributed by atoms with van der Waals surface area (Å²) in [5.41, 5.74) is 12.9. The second-order valence-electron chi connectivity index (χ2n) is 10.2. The van der Waals surface area contributed by atoms with Crippen LogP contribution in [-0.4, -0.2) is 71.8 Å². The number of aliphatic carboxylic acids is 1. The Bertz CT molecular complexity index is 1250. The van der Waals surface area contributed by atoms with Crippen LogP contribution >= 0.6 is 0 Å². The summed E-state index contributed by atoms with van der Waals surface area (Å²) in [6, 6.07) is 11.9. The summed E-state index contributed by atoms with van der Waals surface area (Å²) in [4.78, 5) is 72.9. The molecule has 0 saturated heterocycles. The van der Waals surface area contributed by atoms with Gasteiger partial charge in [-0.3, -0.25) is 24.0 Å². The summed E-state index contributed by atoms with van der Waals surface area (Å²) < 4.78 is 0. The molecule has 0 spiro atoms. The molecule has 2 rings (SSSR count). The van der Waals surface area contributed by atoms with Crippen LogP contribution in [0.4, 0.5) is 0 Å². The van der Waals surface area contributed by atoms with Crippen LogP contribution in [0.15, 0.2) is 54.6 Å². The van der Waals surface area contributed by atoms with Crippen molar-refractivity contribution >= 4 is 35.5 Å². The van der Waals surface area contributed by atoms with Gasteiger partial charge in [-0.05, 0) is 42.0 Å². The lowest BCUT2D eigenvalue weighted by atomic mass is 10.0. The molecule has 0 aliphatic rings. The zero-order valence-corrected chi connectivity index (χ0v) is 23.6. The molecule has 0 aliphatic heterocycles. The van der Waals surface area contributed by atoms with E-state index >= 15 is 0 Å². The molecule has 0 unspecified atom stereocenters. The first-order valence-electron chi connectivity index (χ1n) is 13.4. The molecule has 0 saturated carbocycles. The monoisotopic (exact) mass is 582 g/mol. The average Bonchev–Trinajstić information content (AvgIpc) is 2.94. The van der Waals surface area contributed by atoms with E-state index in [1.165, 1.54) is 12.1 Å². The van der Waals surface area contributed by atoms with Crippen LogP contribution in [0.3, 0.4) is 0 Å². The van der Waals surface area contributed by atoms with Crippen molar-refractivity contribution in [1.82, 2.24) is 21.3 Å². The Hall–Kier alpha value is -4.78. The molecule has 226 valence electrons. The van der Waals surface area contributed by atoms with Crippen molar-refractivity contribution in [2.75, 3.05) is 13.1 Å². The smallest absolute Gasteiger partial charge is 0.326 e. The molecular formula is C29H38N6O7. The third kappa shape index (κ3) is 11.8. The van der Waals surface area contributed by atoms with Crippen molar-refractivity contribution < 1.29 is 33.9 Å². The van der Waals surface area contributed by atoms with Gasteiger partial charge in [0, 0.05) is 12.0 Å². The molecule has 2 aromatic carbocycles. The fraction of sp³-hybridized carbons (Fsp3) is 0.379. The first-order chi connectivity index (χ1) is 19.8. The van der Waals surface area contributed by atoms with Crippen LogP contribution in [0.2, 0.25) is 0 Å². The molecule has 0 heterocycles. The van der Waals surface area contributed by atoms with Crippen LogP contribution in [0.1, 0.15) is 41.8 Å². The largest absolute Gasteiger partial charge is 0.480 e. The Morgan fingerprint density at radius 1 is 0.738 bits per heavy atom. The van der Waals surface area contributed by atoms with E-state index < -0.39 is 66.7 Å². The quantitative estimate of drug-likeness (QED) is 0.133. The van der Waals surface area contributed by atoms with Crippen LogP contribution in [0, 0.1) is 5.92 Å². The predicted molar refractivity (Wildman–Crippen MR) is 154 cm³/mol. The molecule has 0 fully saturated rings. The van der Waals surface area contributed by atoms with Gasteiger partial charge < -0.3 is 37.8 Å². The molecule has 0 radical (unpaired) electrons. The van der Waals surface area contributed by atoms with E-state index in [0.717, 1.165) is 5.56 Å². The topological polar surface area (TPSA) is 223 Å². The van der Waals surface area contributed by atoms with Gasteiger partial charge in [-0.2, -0.15) is 0 Å². The van der Waals surface area contributed by atoms with E-state index in [1.54, 1.807) is 42.5 Å². The number of hydrogen-bond acceptors (Lipinski definition) is 7. The van der Waals surface area contributed by atoms with Crippen molar-refractivity contribution in [2.24, 2.45) is 17.4 Å². The van der Waals surface area contributed by atoms with Crippen LogP contribution in [0.25, 0.3) is 0 Å². The van der Waals surface area contributed by atoms with E-state index in [-0.39, 0.29) is 25.2 Å². The van der Waals surface area contributed by atoms with Crippen molar-refractivity contribution in [2.45, 2.75) is 51.2 Å². The van der Waals surface area contributed by atoms with Gasteiger partial charge in [-0.15, -0.1) is 0 Å². The summed E-state index contributed by atoms with van der Waals surface area (Å²) in [6.45, 7) is 2.73. The third-order valence-corrected chi connectivity index (χ3v) is 6.16. The van der Waals surface area contributed by atoms with Gasteiger partial charge in [0.1, 0.15) is 12.1 Å². The van der Waals surface area contributed by atoms with E-state index in [4.69, 9.17) is 11.5 Å². The SMILES string of the molecule is CC(C)C[C@H](NC(=O)[C@H](Cc1ccccc1)NC(=O)CNC(=O)CNC(=O)[C@@H](N)Cc1ccc(C(N)=O)cc1)C(=O)O. The summed E-state index contributed by atoms with van der Waals surface area (Å²) >= 11 is 0. The van der Waals surface area contributed by atoms with Gasteiger partial charge >= 0.3 is 5.97 Å². The van der Waals surface area contributed by atoms with E-state index in [9.17, 15) is 33.9 Å². The van der Waals surface area contributed by atoms with Gasteiger partial charge in [0.15, 0.2) is 0 Å². The molecule has 13 heteroatoms. The lowest BCUT2D eigenvalue weighted by Gasteiger charge is -2.22. The average molecular weight is 583 g/mol. The third-order valence-electron chi connectivity index (χ3n) is 6.16. The molecule has 0 bridgehead atoms. The van der Waals surface area contributed by atoms with Gasteiger partial charge in [0.05, 0.1) is 19.1 Å². The Morgan fingerprint density at radius 3 is 1.90 bits per heavy atom. The molecule has 0 aromatic heterocycles. The number of carbonyl (C=O) groups excluding carboxylic acids is 5. The molecule has 2 aromatic rings. The number of nitrogens with two attached hydrogens (primary N) is 2. The minimum Gasteiger partial charge on any atom is -0.480 e. The van der Waals surface area contributed by atoms with Crippen LogP contribution < -0.4 is 32.7 Å². The lowest BCUT2D eigenvalue weighted by molar-refractivity contribution is -0.142. The minimum atomic E-state index is -1.18. The maximum absolute atomic E-state index is 13.0. The van der Waals surface area contributed by atoms with Crippen molar-refractivity contribution in [3.8, 4) is 0 Å². The van der Waals surface area contributed by atoms with Gasteiger partial charge in [0.2, 0.25) is 29.5 Å². The molecule has 9 N–H and O–H groups in total. The Balaban J connectivity index is 1.88. The number of primary amides is 1. The molecule has 3 atom stereocenters. The highest BCUT2D eigenvalue weighted by molar-refractivity contribution is 5.94. The summed E-state index contributed by atoms with van der Waals surface area (Å²) in [7, 11) is 0. The number of rotatable bonds is 16. The van der Waals surface area contributed by atoms with Gasteiger partial charge in [0.25, 0.3) is 0 Å². The van der Waals surface area contributed by atoms with Crippen molar-refractivity contribution in [1.29, 1.82) is 0 Å². The lowest BCUT2D eigenvalue weighted by Crippen LogP contribution is -2.54. The second-order valence-corrected chi connectivity index (χ2v) is 10.2. The molecule has 0 aliphatic carbocycles. The Labute approximate surface area is 243 Å². The maximum Gasteiger partial charge on any atom is 0.326 e. The zero-order chi connectivity index (χ0) is 31.2. The number of nitrogens with one attached hydrogen (secondary N) is 4. The van der Waals surface area contributed by atoms with Crippen LogP contribution in [0.5, 0.6) is 0 Å². The Morgan fingerprint density at radius 2 is 1.33 bits per heavy atom. The first-order valence-corrected chi connectivity index (χ1v) is 13.4. The zero-order valence-electron chi connectivity index (χ0n) is 23.6. The van der Waals surface area contributed by atoms with E-state index in [0.29, 0.717) is 11.1 Å². The van der Waals surface area contributed by atoms with Gasteiger partial charge in [-0.1, -0.05) is 56.3 Å². The summed E-state index contributed by atoms with van der Waals surface area (Å²) in [5.74, 6) is -4.36. The first kappa shape index (κ1) is 33.4. The predicted octanol–water partition coefficient (Wildman–Crippen LogP) is -0.769. The number of carboxylic acids is 1. The van der Waals surface area contributed by atoms with E-state index in [2.05, 4.69) is 21.3 Å². The Kier molecular flexibility index (Phi) is 13.1. The number of carboxylic acid groups (broad SMARTS) is 1. The summed E-state index contributed by atoms with van der Waals surface area (Å²) in [5, 5.41) is 19.3. The van der Waals surface area contributed by atoms with Gasteiger partial charge in [-0.25, -0.2) is 4.79 Å². The highest BCUT2D eigenvalue weighted by atomic mass is 16.4. The fourth-order valence-electron chi connectivity index (χ4n) is 3.96. The highest BCUT2D eigenvalue weighted by Crippen LogP contribution is 2.08. The fourth-order valence-corrected chi connectivity index (χ4v) is 3.96. The molecule has 42 heavy (non-hydrogen) atoms. The minimum absolute atomic E-state index is 0.00800. The molecule has 13 nitrogen and oxygen atoms in total. The number of carbonyl (C=O) groups is 6. The number of hydrogen-bond donors (Lipinski definition) is 7. The van der Waals surface area contributed by atoms with Crippen LogP contribution in [-0.2, 0) is 36.8 Å². The van der Waals surface area contributed by atoms with Crippen molar-refractivity contribution in [3.63, 3.8) is 0 Å². The number of amides is 5. The number of benzene rings is 2. The normalized spacial score (nSPS) is 12.9. The van der Waals surface area contributed by atoms with E-state index in [1.807, 2.05) is 13.8 Å². The standard InChI is InChI=1S/C29H38N6O7/c1-17(2)12-23(29(41)42)35-28(40)22(14-18-6-4-3-5-7-18)34-25(37)16-32-24(36)15-33-27(39)21(30)13-19-8-10-20(11-9-19)26(31)38/h3-11,17,21-23H,12-16,30H2,1-2H3,(H2,31,38)(H,32,36)(H,33,39)(H,34,37)(H,35,40)(H,41,42)/t21-,22-,23-/m0/s1. The molecule has 5 amide bonds. The maximum atomic E-state index is 13.0. The second kappa shape index (κ2) is 16.5. The molecular weight excluding hydrogens is 544 g/mol. The summed E-state index contributed by atoms with van der Waals surface area (Å²) in [6.07, 6.45) is 0.458.